The van der Waals surface area contributed by atoms with Crippen LogP contribution in [0.2, 0.25) is 0 Å². The lowest BCUT2D eigenvalue weighted by atomic mass is 10.2. The average Bonchev–Trinajstić information content (AvgIpc) is 2.62. The minimum atomic E-state index is -0.505. The van der Waals surface area contributed by atoms with Crippen LogP contribution < -0.4 is 19.6 Å². The maximum Gasteiger partial charge on any atom is 0.308 e. The Morgan fingerprint density at radius 2 is 1.84 bits per heavy atom. The van der Waals surface area contributed by atoms with Crippen LogP contribution >= 0.6 is 0 Å². The Balaban J connectivity index is 2.19. The summed E-state index contributed by atoms with van der Waals surface area (Å²) in [6, 6.07) is 3.16. The van der Waals surface area contributed by atoms with Crippen molar-refractivity contribution in [3.63, 3.8) is 0 Å². The van der Waals surface area contributed by atoms with Crippen LogP contribution in [0.4, 0.5) is 0 Å². The Morgan fingerprint density at radius 1 is 1.16 bits per heavy atom. The molecule has 0 aliphatic rings. The third-order valence-electron chi connectivity index (χ3n) is 2.90. The van der Waals surface area contributed by atoms with Crippen LogP contribution in [-0.2, 0) is 4.79 Å². The summed E-state index contributed by atoms with van der Waals surface area (Å²) in [6.07, 6.45) is 5.58. The van der Waals surface area contributed by atoms with E-state index in [9.17, 15) is 9.59 Å². The highest BCUT2D eigenvalue weighted by atomic mass is 16.6. The van der Waals surface area contributed by atoms with Crippen molar-refractivity contribution >= 4 is 18.1 Å². The van der Waals surface area contributed by atoms with E-state index in [0.717, 1.165) is 0 Å². The minimum absolute atomic E-state index is 0.139. The number of esters is 1. The van der Waals surface area contributed by atoms with Gasteiger partial charge in [0, 0.05) is 24.9 Å². The highest BCUT2D eigenvalue weighted by Crippen LogP contribution is 2.38. The van der Waals surface area contributed by atoms with Crippen molar-refractivity contribution in [2.45, 2.75) is 6.92 Å². The van der Waals surface area contributed by atoms with E-state index in [4.69, 9.17) is 14.2 Å². The first-order valence-electron chi connectivity index (χ1n) is 7.09. The number of aromatic nitrogens is 2. The Morgan fingerprint density at radius 3 is 2.36 bits per heavy atom. The third-order valence-corrected chi connectivity index (χ3v) is 2.90. The first-order valence-corrected chi connectivity index (χ1v) is 7.09. The lowest BCUT2D eigenvalue weighted by molar-refractivity contribution is -0.132. The molecule has 0 aliphatic carbocycles. The molecule has 1 amide bonds. The van der Waals surface area contributed by atoms with Gasteiger partial charge in [-0.2, -0.15) is 5.10 Å². The Bertz CT molecular complexity index is 767. The number of hydrazone groups is 1. The molecule has 0 fully saturated rings. The van der Waals surface area contributed by atoms with E-state index in [-0.39, 0.29) is 22.9 Å². The lowest BCUT2D eigenvalue weighted by Crippen LogP contribution is -2.19. The quantitative estimate of drug-likeness (QED) is 0.362. The molecule has 1 heterocycles. The van der Waals surface area contributed by atoms with Gasteiger partial charge >= 0.3 is 5.97 Å². The summed E-state index contributed by atoms with van der Waals surface area (Å²) in [5.41, 5.74) is 3.03. The molecule has 1 aromatic carbocycles. The summed E-state index contributed by atoms with van der Waals surface area (Å²) in [4.78, 5) is 30.7. The fourth-order valence-electron chi connectivity index (χ4n) is 1.86. The van der Waals surface area contributed by atoms with Crippen molar-refractivity contribution in [3.8, 4) is 17.2 Å². The SMILES string of the molecule is COc1cc(/C=N/NC(=O)c2cnccn2)cc(OC)c1OC(C)=O. The predicted molar refractivity (Wildman–Crippen MR) is 87.9 cm³/mol. The van der Waals surface area contributed by atoms with E-state index in [1.807, 2.05) is 0 Å². The summed E-state index contributed by atoms with van der Waals surface area (Å²) in [6.45, 7) is 1.27. The van der Waals surface area contributed by atoms with Crippen LogP contribution in [0, 0.1) is 0 Å². The van der Waals surface area contributed by atoms with Gasteiger partial charge in [0.2, 0.25) is 5.75 Å². The molecule has 2 rings (SSSR count). The number of carbonyl (C=O) groups excluding carboxylic acids is 2. The van der Waals surface area contributed by atoms with Gasteiger partial charge in [-0.15, -0.1) is 0 Å². The van der Waals surface area contributed by atoms with E-state index in [1.54, 1.807) is 12.1 Å². The monoisotopic (exact) mass is 344 g/mol. The highest BCUT2D eigenvalue weighted by molar-refractivity contribution is 5.93. The third kappa shape index (κ3) is 4.74. The van der Waals surface area contributed by atoms with E-state index >= 15 is 0 Å². The van der Waals surface area contributed by atoms with Gasteiger partial charge in [-0.3, -0.25) is 14.6 Å². The van der Waals surface area contributed by atoms with Gasteiger partial charge < -0.3 is 14.2 Å². The van der Waals surface area contributed by atoms with Crippen molar-refractivity contribution in [2.24, 2.45) is 5.10 Å². The standard InChI is InChI=1S/C16H16N4O5/c1-10(21)25-15-13(23-2)6-11(7-14(15)24-3)8-19-20-16(22)12-9-17-4-5-18-12/h4-9H,1-3H3,(H,20,22)/b19-8+. The van der Waals surface area contributed by atoms with Gasteiger partial charge in [0.1, 0.15) is 5.69 Å². The van der Waals surface area contributed by atoms with Crippen LogP contribution in [-0.4, -0.2) is 42.3 Å². The summed E-state index contributed by atoms with van der Waals surface area (Å²) in [5, 5.41) is 3.85. The van der Waals surface area contributed by atoms with Gasteiger partial charge in [-0.1, -0.05) is 0 Å². The molecule has 2 aromatic rings. The number of ether oxygens (including phenoxy) is 3. The summed E-state index contributed by atoms with van der Waals surface area (Å²) >= 11 is 0. The number of nitrogens with zero attached hydrogens (tertiary/aromatic N) is 3. The molecule has 9 nitrogen and oxygen atoms in total. The molecule has 0 unspecified atom stereocenters. The zero-order valence-electron chi connectivity index (χ0n) is 13.8. The molecule has 0 bridgehead atoms. The Labute approximate surface area is 143 Å². The summed E-state index contributed by atoms with van der Waals surface area (Å²) in [7, 11) is 2.86. The largest absolute Gasteiger partial charge is 0.493 e. The molecule has 9 heteroatoms. The fraction of sp³-hybridized carbons (Fsp3) is 0.188. The normalized spacial score (nSPS) is 10.4. The van der Waals surface area contributed by atoms with E-state index in [2.05, 4.69) is 20.5 Å². The molecule has 0 saturated heterocycles. The van der Waals surface area contributed by atoms with Gasteiger partial charge in [-0.05, 0) is 12.1 Å². The maximum absolute atomic E-state index is 11.8. The van der Waals surface area contributed by atoms with Crippen LogP contribution in [0.3, 0.4) is 0 Å². The molecule has 25 heavy (non-hydrogen) atoms. The van der Waals surface area contributed by atoms with Gasteiger partial charge in [0.25, 0.3) is 5.91 Å². The number of methoxy groups -OCH3 is 2. The lowest BCUT2D eigenvalue weighted by Gasteiger charge is -2.13. The van der Waals surface area contributed by atoms with Gasteiger partial charge in [0.05, 0.1) is 26.6 Å². The van der Waals surface area contributed by atoms with Crippen LogP contribution in [0.25, 0.3) is 0 Å². The molecule has 0 aliphatic heterocycles. The number of benzene rings is 1. The molecule has 0 saturated carbocycles. The van der Waals surface area contributed by atoms with Crippen molar-refractivity contribution in [3.05, 3.63) is 42.0 Å². The van der Waals surface area contributed by atoms with Crippen molar-refractivity contribution < 1.29 is 23.8 Å². The maximum atomic E-state index is 11.8. The number of amides is 1. The first-order chi connectivity index (χ1) is 12.0. The second-order valence-corrected chi connectivity index (χ2v) is 4.64. The second kappa shape index (κ2) is 8.39. The number of rotatable bonds is 6. The van der Waals surface area contributed by atoms with Gasteiger partial charge in [0.15, 0.2) is 11.5 Å². The summed E-state index contributed by atoms with van der Waals surface area (Å²) in [5.74, 6) is -0.264. The van der Waals surface area contributed by atoms with Crippen LogP contribution in [0.15, 0.2) is 35.8 Å². The average molecular weight is 344 g/mol. The molecular weight excluding hydrogens is 328 g/mol. The highest BCUT2D eigenvalue weighted by Gasteiger charge is 2.15. The van der Waals surface area contributed by atoms with Crippen LogP contribution in [0.1, 0.15) is 23.0 Å². The van der Waals surface area contributed by atoms with Gasteiger partial charge in [-0.25, -0.2) is 10.4 Å². The number of hydrogen-bond donors (Lipinski definition) is 1. The molecule has 0 spiro atoms. The predicted octanol–water partition coefficient (Wildman–Crippen LogP) is 1.18. The first kappa shape index (κ1) is 17.9. The molecule has 0 radical (unpaired) electrons. The molecular formula is C16H16N4O5. The zero-order chi connectivity index (χ0) is 18.2. The Kier molecular flexibility index (Phi) is 5.99. The van der Waals surface area contributed by atoms with E-state index in [0.29, 0.717) is 5.56 Å². The van der Waals surface area contributed by atoms with Crippen molar-refractivity contribution in [1.29, 1.82) is 0 Å². The summed E-state index contributed by atoms with van der Waals surface area (Å²) < 4.78 is 15.5. The van der Waals surface area contributed by atoms with Crippen molar-refractivity contribution in [1.82, 2.24) is 15.4 Å². The molecule has 130 valence electrons. The van der Waals surface area contributed by atoms with E-state index < -0.39 is 11.9 Å². The topological polar surface area (TPSA) is 112 Å². The minimum Gasteiger partial charge on any atom is -0.493 e. The second-order valence-electron chi connectivity index (χ2n) is 4.64. The van der Waals surface area contributed by atoms with E-state index in [1.165, 1.54) is 45.9 Å². The number of hydrogen-bond acceptors (Lipinski definition) is 8. The molecule has 1 N–H and O–H groups in total. The smallest absolute Gasteiger partial charge is 0.308 e. The Hall–Kier alpha value is -3.49. The van der Waals surface area contributed by atoms with Crippen LogP contribution in [0.5, 0.6) is 17.2 Å². The molecule has 0 atom stereocenters. The van der Waals surface area contributed by atoms with Crippen molar-refractivity contribution in [2.75, 3.05) is 14.2 Å². The molecule has 1 aromatic heterocycles. The zero-order valence-corrected chi connectivity index (χ0v) is 13.8. The fourth-order valence-corrected chi connectivity index (χ4v) is 1.86. The number of nitrogens with one attached hydrogen (secondary N) is 1. The number of carbonyl (C=O) groups is 2.